The van der Waals surface area contributed by atoms with E-state index in [2.05, 4.69) is 0 Å². The molecule has 0 radical (unpaired) electrons. The van der Waals surface area contributed by atoms with Crippen molar-refractivity contribution in [3.05, 3.63) is 45.4 Å². The maximum atomic E-state index is 11.1. The van der Waals surface area contributed by atoms with Gasteiger partial charge in [-0.15, -0.1) is 0 Å². The van der Waals surface area contributed by atoms with Gasteiger partial charge in [0.25, 0.3) is 0 Å². The molecule has 1 aromatic heterocycles. The number of benzene rings is 1. The van der Waals surface area contributed by atoms with Gasteiger partial charge in [0.1, 0.15) is 0 Å². The number of fused-ring (bicyclic) bond motifs is 1. The summed E-state index contributed by atoms with van der Waals surface area (Å²) in [5, 5.41) is 1.18. The van der Waals surface area contributed by atoms with Crippen molar-refractivity contribution in [2.75, 3.05) is 0 Å². The highest BCUT2D eigenvalue weighted by Gasteiger charge is 1.97. The number of hydrogen-bond donors (Lipinski definition) is 0. The Morgan fingerprint density at radius 1 is 1.25 bits per heavy atom. The van der Waals surface area contributed by atoms with E-state index in [9.17, 15) is 4.79 Å². The maximum absolute atomic E-state index is 11.1. The summed E-state index contributed by atoms with van der Waals surface area (Å²) in [6, 6.07) is 9.66. The first-order valence-electron chi connectivity index (χ1n) is 3.77. The Kier molecular flexibility index (Phi) is 1.70. The lowest BCUT2D eigenvalue weighted by Crippen LogP contribution is -1.92. The van der Waals surface area contributed by atoms with Crippen LogP contribution in [0.2, 0.25) is 0 Å². The van der Waals surface area contributed by atoms with E-state index < -0.39 is 0 Å². The van der Waals surface area contributed by atoms with Crippen LogP contribution in [0.1, 0.15) is 5.56 Å². The lowest BCUT2D eigenvalue weighted by Gasteiger charge is -1.97. The lowest BCUT2D eigenvalue weighted by atomic mass is 10.2. The van der Waals surface area contributed by atoms with Crippen molar-refractivity contribution in [2.24, 2.45) is 0 Å². The third kappa shape index (κ3) is 1.14. The zero-order chi connectivity index (χ0) is 8.55. The molecule has 0 amide bonds. The average Bonchev–Trinajstić information content (AvgIpc) is 2.04. The van der Waals surface area contributed by atoms with Crippen molar-refractivity contribution in [2.45, 2.75) is 6.92 Å². The maximum Gasteiger partial charge on any atom is 0.233 e. The van der Waals surface area contributed by atoms with Crippen molar-refractivity contribution in [1.29, 1.82) is 0 Å². The van der Waals surface area contributed by atoms with Crippen LogP contribution in [0, 0.1) is 6.92 Å². The molecule has 12 heavy (non-hydrogen) atoms. The third-order valence-corrected chi connectivity index (χ3v) is 2.75. The van der Waals surface area contributed by atoms with E-state index in [1.807, 2.05) is 31.2 Å². The minimum Gasteiger partial charge on any atom is -0.278 e. The zero-order valence-electron chi connectivity index (χ0n) is 6.70. The second-order valence-corrected chi connectivity index (χ2v) is 3.79. The first-order valence-corrected chi connectivity index (χ1v) is 4.58. The molecule has 2 heteroatoms. The quantitative estimate of drug-likeness (QED) is 0.603. The SMILES string of the molecule is Cc1cc(=O)sc2ccccc12. The molecule has 0 saturated carbocycles. The summed E-state index contributed by atoms with van der Waals surface area (Å²) in [6.45, 7) is 1.97. The van der Waals surface area contributed by atoms with Crippen molar-refractivity contribution in [1.82, 2.24) is 0 Å². The molecular formula is C10H8OS. The molecule has 1 aromatic carbocycles. The minimum atomic E-state index is 0.131. The van der Waals surface area contributed by atoms with Gasteiger partial charge in [-0.1, -0.05) is 29.5 Å². The predicted molar refractivity (Wildman–Crippen MR) is 52.8 cm³/mol. The standard InChI is InChI=1S/C10H8OS/c1-7-6-10(11)12-9-5-3-2-4-8(7)9/h2-6H,1H3. The van der Waals surface area contributed by atoms with E-state index in [1.165, 1.54) is 16.7 Å². The third-order valence-electron chi connectivity index (χ3n) is 1.86. The van der Waals surface area contributed by atoms with Gasteiger partial charge in [0, 0.05) is 4.70 Å². The van der Waals surface area contributed by atoms with Gasteiger partial charge in [-0.3, -0.25) is 4.79 Å². The van der Waals surface area contributed by atoms with Gasteiger partial charge in [0.05, 0.1) is 0 Å². The molecule has 60 valence electrons. The highest BCUT2D eigenvalue weighted by atomic mass is 32.1. The van der Waals surface area contributed by atoms with Gasteiger partial charge in [-0.05, 0) is 30.0 Å². The molecule has 1 nitrogen and oxygen atoms in total. The van der Waals surface area contributed by atoms with Crippen LogP contribution in [-0.4, -0.2) is 0 Å². The molecular weight excluding hydrogens is 168 g/mol. The highest BCUT2D eigenvalue weighted by molar-refractivity contribution is 7.16. The fraction of sp³-hybridized carbons (Fsp3) is 0.100. The molecule has 0 spiro atoms. The van der Waals surface area contributed by atoms with Gasteiger partial charge in [-0.25, -0.2) is 0 Å². The van der Waals surface area contributed by atoms with Gasteiger partial charge in [0.2, 0.25) is 4.74 Å². The molecule has 0 saturated heterocycles. The van der Waals surface area contributed by atoms with Crippen molar-refractivity contribution in [3.63, 3.8) is 0 Å². The molecule has 0 unspecified atom stereocenters. The fourth-order valence-corrected chi connectivity index (χ4v) is 2.21. The lowest BCUT2D eigenvalue weighted by molar-refractivity contribution is 1.53. The molecule has 1 heterocycles. The van der Waals surface area contributed by atoms with Crippen LogP contribution < -0.4 is 4.74 Å². The van der Waals surface area contributed by atoms with E-state index in [-0.39, 0.29) is 4.74 Å². The van der Waals surface area contributed by atoms with Crippen molar-refractivity contribution >= 4 is 21.4 Å². The number of rotatable bonds is 0. The van der Waals surface area contributed by atoms with E-state index >= 15 is 0 Å². The second-order valence-electron chi connectivity index (χ2n) is 2.74. The highest BCUT2D eigenvalue weighted by Crippen LogP contribution is 2.18. The summed E-state index contributed by atoms with van der Waals surface area (Å²) in [4.78, 5) is 11.1. The first-order chi connectivity index (χ1) is 5.77. The van der Waals surface area contributed by atoms with E-state index in [0.29, 0.717) is 0 Å². The van der Waals surface area contributed by atoms with Crippen LogP contribution in [0.4, 0.5) is 0 Å². The summed E-state index contributed by atoms with van der Waals surface area (Å²) in [6.07, 6.45) is 0. The monoisotopic (exact) mass is 176 g/mol. The van der Waals surface area contributed by atoms with Crippen LogP contribution in [0.25, 0.3) is 10.1 Å². The molecule has 0 aliphatic carbocycles. The molecule has 0 N–H and O–H groups in total. The minimum absolute atomic E-state index is 0.131. The number of hydrogen-bond acceptors (Lipinski definition) is 2. The van der Waals surface area contributed by atoms with Crippen molar-refractivity contribution in [3.8, 4) is 0 Å². The van der Waals surface area contributed by atoms with Crippen LogP contribution in [0.3, 0.4) is 0 Å². The Labute approximate surface area is 74.3 Å². The summed E-state index contributed by atoms with van der Waals surface area (Å²) >= 11 is 1.30. The topological polar surface area (TPSA) is 17.1 Å². The summed E-state index contributed by atoms with van der Waals surface area (Å²) in [5.41, 5.74) is 1.06. The van der Waals surface area contributed by atoms with Crippen LogP contribution in [0.5, 0.6) is 0 Å². The summed E-state index contributed by atoms with van der Waals surface area (Å²) in [7, 11) is 0. The molecule has 0 atom stereocenters. The smallest absolute Gasteiger partial charge is 0.233 e. The normalized spacial score (nSPS) is 10.4. The van der Waals surface area contributed by atoms with E-state index in [0.717, 1.165) is 10.3 Å². The van der Waals surface area contributed by atoms with Gasteiger partial charge in [0.15, 0.2) is 0 Å². The molecule has 2 rings (SSSR count). The van der Waals surface area contributed by atoms with E-state index in [4.69, 9.17) is 0 Å². The predicted octanol–water partition coefficient (Wildman–Crippen LogP) is 2.57. The molecule has 0 aliphatic rings. The first kappa shape index (κ1) is 7.50. The van der Waals surface area contributed by atoms with Gasteiger partial charge < -0.3 is 0 Å². The Morgan fingerprint density at radius 3 is 2.83 bits per heavy atom. The Balaban J connectivity index is 2.99. The Bertz CT molecular complexity index is 470. The fourth-order valence-electron chi connectivity index (χ4n) is 1.27. The average molecular weight is 176 g/mol. The van der Waals surface area contributed by atoms with Gasteiger partial charge >= 0.3 is 0 Å². The summed E-state index contributed by atoms with van der Waals surface area (Å²) < 4.78 is 1.20. The number of aryl methyl sites for hydroxylation is 1. The van der Waals surface area contributed by atoms with E-state index in [1.54, 1.807) is 6.07 Å². The van der Waals surface area contributed by atoms with Gasteiger partial charge in [-0.2, -0.15) is 0 Å². The Morgan fingerprint density at radius 2 is 2.00 bits per heavy atom. The molecule has 0 bridgehead atoms. The summed E-state index contributed by atoms with van der Waals surface area (Å²) in [5.74, 6) is 0. The molecule has 0 aliphatic heterocycles. The van der Waals surface area contributed by atoms with Crippen molar-refractivity contribution < 1.29 is 0 Å². The van der Waals surface area contributed by atoms with Crippen LogP contribution in [0.15, 0.2) is 35.1 Å². The largest absolute Gasteiger partial charge is 0.278 e. The molecule has 0 fully saturated rings. The Hall–Kier alpha value is -1.15. The zero-order valence-corrected chi connectivity index (χ0v) is 7.52. The second kappa shape index (κ2) is 2.72. The molecule has 2 aromatic rings. The van der Waals surface area contributed by atoms with Crippen LogP contribution in [-0.2, 0) is 0 Å². The van der Waals surface area contributed by atoms with Crippen LogP contribution >= 0.6 is 11.3 Å².